The molecular formula is C17H19N5O2S2. The molecule has 7 nitrogen and oxygen atoms in total. The lowest BCUT2D eigenvalue weighted by Gasteiger charge is -2.31. The van der Waals surface area contributed by atoms with Gasteiger partial charge in [-0.05, 0) is 43.2 Å². The van der Waals surface area contributed by atoms with Crippen molar-refractivity contribution in [2.75, 3.05) is 13.1 Å². The summed E-state index contributed by atoms with van der Waals surface area (Å²) in [7, 11) is 0. The number of aryl methyl sites for hydroxylation is 1. The van der Waals surface area contributed by atoms with E-state index in [9.17, 15) is 9.59 Å². The summed E-state index contributed by atoms with van der Waals surface area (Å²) in [6, 6.07) is 3.85. The second kappa shape index (κ2) is 7.16. The monoisotopic (exact) mass is 389 g/mol. The Kier molecular flexibility index (Phi) is 4.73. The summed E-state index contributed by atoms with van der Waals surface area (Å²) in [5.74, 6) is 1.26. The summed E-state index contributed by atoms with van der Waals surface area (Å²) in [4.78, 5) is 31.5. The predicted octanol–water partition coefficient (Wildman–Crippen LogP) is 2.48. The first kappa shape index (κ1) is 17.2. The van der Waals surface area contributed by atoms with E-state index >= 15 is 0 Å². The van der Waals surface area contributed by atoms with Gasteiger partial charge in [0.1, 0.15) is 15.7 Å². The van der Waals surface area contributed by atoms with E-state index < -0.39 is 0 Å². The van der Waals surface area contributed by atoms with Crippen LogP contribution in [0.25, 0.3) is 5.00 Å². The van der Waals surface area contributed by atoms with Crippen LogP contribution in [-0.2, 0) is 6.42 Å². The number of thiophene rings is 1. The number of thiazole rings is 1. The van der Waals surface area contributed by atoms with Crippen LogP contribution in [0.4, 0.5) is 0 Å². The van der Waals surface area contributed by atoms with Gasteiger partial charge in [-0.2, -0.15) is 5.10 Å². The molecule has 9 heteroatoms. The Morgan fingerprint density at radius 3 is 2.81 bits per heavy atom. The number of nitrogens with one attached hydrogen (secondary N) is 1. The Morgan fingerprint density at radius 2 is 2.15 bits per heavy atom. The molecular weight excluding hydrogens is 370 g/mol. The van der Waals surface area contributed by atoms with Crippen molar-refractivity contribution < 1.29 is 4.79 Å². The first-order valence-electron chi connectivity index (χ1n) is 8.53. The van der Waals surface area contributed by atoms with Crippen LogP contribution >= 0.6 is 22.7 Å². The third-order valence-corrected chi connectivity index (χ3v) is 6.55. The number of aromatic nitrogens is 4. The summed E-state index contributed by atoms with van der Waals surface area (Å²) in [6.45, 7) is 3.33. The highest BCUT2D eigenvalue weighted by Gasteiger charge is 2.27. The molecule has 1 saturated heterocycles. The van der Waals surface area contributed by atoms with Gasteiger partial charge >= 0.3 is 5.69 Å². The second-order valence-corrected chi connectivity index (χ2v) is 8.22. The fraction of sp³-hybridized carbons (Fsp3) is 0.412. The molecule has 1 fully saturated rings. The highest BCUT2D eigenvalue weighted by atomic mass is 32.1. The zero-order chi connectivity index (χ0) is 18.1. The van der Waals surface area contributed by atoms with Crippen LogP contribution in [0.15, 0.2) is 27.8 Å². The first-order chi connectivity index (χ1) is 12.6. The molecule has 0 saturated carbocycles. The number of piperidine rings is 1. The van der Waals surface area contributed by atoms with Crippen molar-refractivity contribution in [3.63, 3.8) is 0 Å². The highest BCUT2D eigenvalue weighted by Crippen LogP contribution is 2.25. The van der Waals surface area contributed by atoms with E-state index in [4.69, 9.17) is 0 Å². The number of carbonyl (C=O) groups is 1. The maximum Gasteiger partial charge on any atom is 0.348 e. The van der Waals surface area contributed by atoms with Gasteiger partial charge in [0.25, 0.3) is 5.91 Å². The van der Waals surface area contributed by atoms with E-state index in [2.05, 4.69) is 15.2 Å². The molecule has 0 atom stereocenters. The number of H-pyrrole nitrogens is 1. The number of amides is 1. The van der Waals surface area contributed by atoms with Crippen LogP contribution in [0.1, 0.15) is 34.0 Å². The lowest BCUT2D eigenvalue weighted by molar-refractivity contribution is 0.0693. The van der Waals surface area contributed by atoms with E-state index in [1.165, 1.54) is 22.7 Å². The van der Waals surface area contributed by atoms with Crippen LogP contribution < -0.4 is 5.69 Å². The average molecular weight is 390 g/mol. The molecule has 0 bridgehead atoms. The van der Waals surface area contributed by atoms with Crippen molar-refractivity contribution in [3.05, 3.63) is 49.9 Å². The van der Waals surface area contributed by atoms with E-state index in [0.29, 0.717) is 5.92 Å². The van der Waals surface area contributed by atoms with E-state index in [1.54, 1.807) is 10.1 Å². The third kappa shape index (κ3) is 3.24. The van der Waals surface area contributed by atoms with Gasteiger partial charge in [0.05, 0.1) is 11.2 Å². The zero-order valence-corrected chi connectivity index (χ0v) is 16.0. The molecule has 26 heavy (non-hydrogen) atoms. The largest absolute Gasteiger partial charge is 0.348 e. The molecule has 1 aliphatic heterocycles. The molecule has 1 aliphatic rings. The fourth-order valence-electron chi connectivity index (χ4n) is 3.34. The quantitative estimate of drug-likeness (QED) is 0.743. The number of rotatable bonds is 4. The van der Waals surface area contributed by atoms with Gasteiger partial charge in [-0.1, -0.05) is 0 Å². The minimum Gasteiger partial charge on any atom is -0.338 e. The number of hydrogen-bond acceptors (Lipinski definition) is 6. The molecule has 0 spiro atoms. The predicted molar refractivity (Wildman–Crippen MR) is 101 cm³/mol. The molecule has 3 aromatic heterocycles. The standard InChI is InChI=1S/C17H19N5O2S2/c1-11-15(26-10-18-11)16(23)21-6-4-12(5-7-21)9-13-19-20-17(24)22(13)14-3-2-8-25-14/h2-3,8,10,12H,4-7,9H2,1H3,(H,20,24). The lowest BCUT2D eigenvalue weighted by Crippen LogP contribution is -2.39. The van der Waals surface area contributed by atoms with Crippen LogP contribution in [-0.4, -0.2) is 43.6 Å². The molecule has 1 N–H and O–H groups in total. The van der Waals surface area contributed by atoms with Gasteiger partial charge in [-0.3, -0.25) is 4.79 Å². The van der Waals surface area contributed by atoms with E-state index in [1.807, 2.05) is 29.3 Å². The molecule has 0 radical (unpaired) electrons. The topological polar surface area (TPSA) is 83.9 Å². The molecule has 0 aromatic carbocycles. The van der Waals surface area contributed by atoms with E-state index in [-0.39, 0.29) is 11.6 Å². The van der Waals surface area contributed by atoms with Crippen LogP contribution in [0.5, 0.6) is 0 Å². The summed E-state index contributed by atoms with van der Waals surface area (Å²) >= 11 is 2.92. The Bertz CT molecular complexity index is 948. The number of nitrogens with zero attached hydrogens (tertiary/aromatic N) is 4. The van der Waals surface area contributed by atoms with Gasteiger partial charge in [0, 0.05) is 19.5 Å². The summed E-state index contributed by atoms with van der Waals surface area (Å²) in [5, 5.41) is 9.61. The van der Waals surface area contributed by atoms with Crippen LogP contribution in [0.3, 0.4) is 0 Å². The molecule has 4 heterocycles. The molecule has 3 aromatic rings. The maximum atomic E-state index is 12.6. The number of aromatic amines is 1. The fourth-order valence-corrected chi connectivity index (χ4v) is 4.86. The minimum absolute atomic E-state index is 0.0821. The van der Waals surface area contributed by atoms with Gasteiger partial charge in [-0.15, -0.1) is 22.7 Å². The third-order valence-electron chi connectivity index (χ3n) is 4.78. The molecule has 1 amide bonds. The second-order valence-electron chi connectivity index (χ2n) is 6.44. The minimum atomic E-state index is -0.198. The van der Waals surface area contributed by atoms with Crippen molar-refractivity contribution >= 4 is 28.6 Å². The normalized spacial score (nSPS) is 15.5. The zero-order valence-electron chi connectivity index (χ0n) is 14.3. The highest BCUT2D eigenvalue weighted by molar-refractivity contribution is 7.12. The Balaban J connectivity index is 1.42. The van der Waals surface area contributed by atoms with Crippen molar-refractivity contribution in [1.82, 2.24) is 24.6 Å². The molecule has 0 unspecified atom stereocenters. The van der Waals surface area contributed by atoms with Crippen LogP contribution in [0, 0.1) is 12.8 Å². The first-order valence-corrected chi connectivity index (χ1v) is 10.3. The van der Waals surface area contributed by atoms with Crippen LogP contribution in [0.2, 0.25) is 0 Å². The van der Waals surface area contributed by atoms with Gasteiger partial charge < -0.3 is 4.90 Å². The maximum absolute atomic E-state index is 12.6. The van der Waals surface area contributed by atoms with E-state index in [0.717, 1.165) is 53.7 Å². The number of likely N-dealkylation sites (tertiary alicyclic amines) is 1. The van der Waals surface area contributed by atoms with Gasteiger partial charge in [0.15, 0.2) is 0 Å². The van der Waals surface area contributed by atoms with Crippen molar-refractivity contribution in [2.24, 2.45) is 5.92 Å². The Hall–Kier alpha value is -2.26. The smallest absolute Gasteiger partial charge is 0.338 e. The SMILES string of the molecule is Cc1ncsc1C(=O)N1CCC(Cc2n[nH]c(=O)n2-c2cccs2)CC1. The Labute approximate surface area is 158 Å². The molecule has 4 rings (SSSR count). The summed E-state index contributed by atoms with van der Waals surface area (Å²) in [5.41, 5.74) is 2.32. The number of carbonyl (C=O) groups excluding carboxylic acids is 1. The molecule has 0 aliphatic carbocycles. The number of hydrogen-bond donors (Lipinski definition) is 1. The molecule has 136 valence electrons. The van der Waals surface area contributed by atoms with Gasteiger partial charge in [0.2, 0.25) is 0 Å². The van der Waals surface area contributed by atoms with Crippen molar-refractivity contribution in [3.8, 4) is 5.00 Å². The van der Waals surface area contributed by atoms with Gasteiger partial charge in [-0.25, -0.2) is 19.4 Å². The Morgan fingerprint density at radius 1 is 1.35 bits per heavy atom. The lowest BCUT2D eigenvalue weighted by atomic mass is 9.93. The average Bonchev–Trinajstić information content (AvgIpc) is 3.37. The summed E-state index contributed by atoms with van der Waals surface area (Å²) in [6.07, 6.45) is 2.56. The van der Waals surface area contributed by atoms with Crippen molar-refractivity contribution in [1.29, 1.82) is 0 Å². The van der Waals surface area contributed by atoms with Crippen molar-refractivity contribution in [2.45, 2.75) is 26.2 Å². The summed E-state index contributed by atoms with van der Waals surface area (Å²) < 4.78 is 1.66.